The van der Waals surface area contributed by atoms with Gasteiger partial charge in [0.2, 0.25) is 11.9 Å². The molecule has 1 rings (SSSR count). The average molecular weight is 171 g/mol. The fourth-order valence-corrected chi connectivity index (χ4v) is 1.06. The monoisotopic (exact) mass is 171 g/mol. The highest BCUT2D eigenvalue weighted by Crippen LogP contribution is 2.05. The molecule has 68 valence electrons. The fraction of sp³-hybridized carbons (Fsp3) is 0.667. The van der Waals surface area contributed by atoms with Crippen molar-refractivity contribution in [3.05, 3.63) is 0 Å². The summed E-state index contributed by atoms with van der Waals surface area (Å²) in [6.45, 7) is 0.543. The van der Waals surface area contributed by atoms with Crippen molar-refractivity contribution in [1.82, 2.24) is 10.7 Å². The molecule has 6 N–H and O–H groups in total. The van der Waals surface area contributed by atoms with Gasteiger partial charge in [-0.25, -0.2) is 10.8 Å². The lowest BCUT2D eigenvalue weighted by atomic mass is 10.1. The second-order valence-corrected chi connectivity index (χ2v) is 2.66. The van der Waals surface area contributed by atoms with Crippen molar-refractivity contribution in [3.63, 3.8) is 0 Å². The van der Waals surface area contributed by atoms with E-state index in [0.29, 0.717) is 13.0 Å². The molecule has 1 unspecified atom stereocenters. The van der Waals surface area contributed by atoms with E-state index in [2.05, 4.69) is 15.7 Å². The van der Waals surface area contributed by atoms with E-state index in [4.69, 9.17) is 11.6 Å². The van der Waals surface area contributed by atoms with Crippen LogP contribution in [-0.2, 0) is 4.79 Å². The van der Waals surface area contributed by atoms with Crippen molar-refractivity contribution in [1.29, 1.82) is 0 Å². The molecule has 1 fully saturated rings. The summed E-state index contributed by atoms with van der Waals surface area (Å²) in [5.74, 6) is 5.30. The minimum Gasteiger partial charge on any atom is -0.369 e. The summed E-state index contributed by atoms with van der Waals surface area (Å²) in [4.78, 5) is 14.8. The van der Waals surface area contributed by atoms with Crippen LogP contribution in [0, 0.1) is 0 Å². The lowest BCUT2D eigenvalue weighted by Gasteiger charge is -2.18. The van der Waals surface area contributed by atoms with Gasteiger partial charge < -0.3 is 11.1 Å². The number of nitrogens with one attached hydrogen (secondary N) is 2. The smallest absolute Gasteiger partial charge is 0.220 e. The maximum absolute atomic E-state index is 10.7. The molecule has 0 aliphatic carbocycles. The van der Waals surface area contributed by atoms with Gasteiger partial charge in [0.1, 0.15) is 0 Å². The predicted molar refractivity (Wildman–Crippen MR) is 45.0 cm³/mol. The van der Waals surface area contributed by atoms with Crippen LogP contribution in [0.5, 0.6) is 0 Å². The molecule has 0 aromatic carbocycles. The zero-order valence-electron chi connectivity index (χ0n) is 6.71. The van der Waals surface area contributed by atoms with Gasteiger partial charge in [-0.3, -0.25) is 10.2 Å². The topological polar surface area (TPSA) is 106 Å². The summed E-state index contributed by atoms with van der Waals surface area (Å²) < 4.78 is 0. The quantitative estimate of drug-likeness (QED) is 0.159. The summed E-state index contributed by atoms with van der Waals surface area (Å²) in [6, 6.07) is 0.0544. The standard InChI is InChI=1S/C6H13N5O/c7-6(11-8)10-4-1-2-5(12)9-3-4/h4H,1-3,8H2,(H,9,12)(H3,7,10,11). The SMILES string of the molecule is NNC(N)=NC1CCC(=O)NC1. The van der Waals surface area contributed by atoms with Crippen LogP contribution in [0.15, 0.2) is 4.99 Å². The number of nitrogens with zero attached hydrogens (tertiary/aromatic N) is 1. The van der Waals surface area contributed by atoms with E-state index in [-0.39, 0.29) is 17.9 Å². The molecule has 6 nitrogen and oxygen atoms in total. The number of aliphatic imine (C=N–C) groups is 1. The third kappa shape index (κ3) is 2.39. The Hall–Kier alpha value is -1.30. The molecule has 0 radical (unpaired) electrons. The van der Waals surface area contributed by atoms with Gasteiger partial charge in [0.05, 0.1) is 6.04 Å². The van der Waals surface area contributed by atoms with E-state index in [0.717, 1.165) is 6.42 Å². The van der Waals surface area contributed by atoms with Crippen LogP contribution in [-0.4, -0.2) is 24.5 Å². The van der Waals surface area contributed by atoms with Gasteiger partial charge in [0.15, 0.2) is 0 Å². The van der Waals surface area contributed by atoms with Gasteiger partial charge in [-0.15, -0.1) is 0 Å². The van der Waals surface area contributed by atoms with Crippen molar-refractivity contribution < 1.29 is 4.79 Å². The Balaban J connectivity index is 2.40. The summed E-state index contributed by atoms with van der Waals surface area (Å²) in [5.41, 5.74) is 7.58. The van der Waals surface area contributed by atoms with E-state index in [9.17, 15) is 4.79 Å². The molecule has 0 spiro atoms. The molecule has 0 aromatic rings. The minimum absolute atomic E-state index is 0.0544. The van der Waals surface area contributed by atoms with Gasteiger partial charge in [-0.1, -0.05) is 0 Å². The van der Waals surface area contributed by atoms with Crippen LogP contribution < -0.4 is 22.3 Å². The number of guanidine groups is 1. The van der Waals surface area contributed by atoms with Gasteiger partial charge in [-0.05, 0) is 6.42 Å². The Bertz CT molecular complexity index is 192. The zero-order valence-corrected chi connectivity index (χ0v) is 6.71. The van der Waals surface area contributed by atoms with Crippen LogP contribution in [0.2, 0.25) is 0 Å². The van der Waals surface area contributed by atoms with Gasteiger partial charge >= 0.3 is 0 Å². The molecule has 1 aliphatic heterocycles. The maximum atomic E-state index is 10.7. The molecule has 0 bridgehead atoms. The van der Waals surface area contributed by atoms with Crippen LogP contribution in [0.3, 0.4) is 0 Å². The van der Waals surface area contributed by atoms with Crippen molar-refractivity contribution in [3.8, 4) is 0 Å². The minimum atomic E-state index is 0.0544. The normalized spacial score (nSPS) is 24.9. The number of amides is 1. The van der Waals surface area contributed by atoms with Crippen LogP contribution >= 0.6 is 0 Å². The number of nitrogens with two attached hydrogens (primary N) is 2. The molecule has 1 aliphatic rings. The highest BCUT2D eigenvalue weighted by molar-refractivity contribution is 5.78. The average Bonchev–Trinajstić information content (AvgIpc) is 2.09. The lowest BCUT2D eigenvalue weighted by molar-refractivity contribution is -0.122. The number of hydrogen-bond acceptors (Lipinski definition) is 3. The third-order valence-electron chi connectivity index (χ3n) is 1.71. The molecule has 0 aromatic heterocycles. The van der Waals surface area contributed by atoms with E-state index in [1.807, 2.05) is 0 Å². The summed E-state index contributed by atoms with van der Waals surface area (Å²) in [6.07, 6.45) is 1.24. The van der Waals surface area contributed by atoms with E-state index in [1.165, 1.54) is 0 Å². The number of hydrogen-bond donors (Lipinski definition) is 4. The van der Waals surface area contributed by atoms with E-state index in [1.54, 1.807) is 0 Å². The molecule has 0 saturated carbocycles. The highest BCUT2D eigenvalue weighted by atomic mass is 16.1. The zero-order chi connectivity index (χ0) is 8.97. The van der Waals surface area contributed by atoms with Crippen molar-refractivity contribution >= 4 is 11.9 Å². The molecule has 6 heteroatoms. The van der Waals surface area contributed by atoms with Gasteiger partial charge in [0, 0.05) is 13.0 Å². The number of carbonyl (C=O) groups excluding carboxylic acids is 1. The number of piperidine rings is 1. The van der Waals surface area contributed by atoms with E-state index >= 15 is 0 Å². The largest absolute Gasteiger partial charge is 0.369 e. The van der Waals surface area contributed by atoms with Crippen LogP contribution in [0.1, 0.15) is 12.8 Å². The molecular formula is C6H13N5O. The number of rotatable bonds is 1. The molecule has 1 atom stereocenters. The Kier molecular flexibility index (Phi) is 2.87. The van der Waals surface area contributed by atoms with Crippen molar-refractivity contribution in [2.24, 2.45) is 16.6 Å². The fourth-order valence-electron chi connectivity index (χ4n) is 1.06. The van der Waals surface area contributed by atoms with Crippen molar-refractivity contribution in [2.45, 2.75) is 18.9 Å². The first-order valence-corrected chi connectivity index (χ1v) is 3.79. The second-order valence-electron chi connectivity index (χ2n) is 2.66. The first kappa shape index (κ1) is 8.79. The second kappa shape index (κ2) is 3.91. The lowest BCUT2D eigenvalue weighted by Crippen LogP contribution is -2.42. The third-order valence-corrected chi connectivity index (χ3v) is 1.71. The van der Waals surface area contributed by atoms with Crippen molar-refractivity contribution in [2.75, 3.05) is 6.54 Å². The summed E-state index contributed by atoms with van der Waals surface area (Å²) >= 11 is 0. The van der Waals surface area contributed by atoms with Gasteiger partial charge in [0.25, 0.3) is 0 Å². The number of carbonyl (C=O) groups is 1. The van der Waals surface area contributed by atoms with Gasteiger partial charge in [-0.2, -0.15) is 0 Å². The Labute approximate surface area is 70.4 Å². The Morgan fingerprint density at radius 3 is 3.00 bits per heavy atom. The first-order chi connectivity index (χ1) is 5.72. The summed E-state index contributed by atoms with van der Waals surface area (Å²) in [5, 5.41) is 2.69. The first-order valence-electron chi connectivity index (χ1n) is 3.79. The molecule has 1 heterocycles. The number of hydrazine groups is 1. The maximum Gasteiger partial charge on any atom is 0.220 e. The molecular weight excluding hydrogens is 158 g/mol. The Morgan fingerprint density at radius 1 is 1.75 bits per heavy atom. The molecule has 1 saturated heterocycles. The predicted octanol–water partition coefficient (Wildman–Crippen LogP) is -1.96. The molecule has 1 amide bonds. The summed E-state index contributed by atoms with van der Waals surface area (Å²) in [7, 11) is 0. The van der Waals surface area contributed by atoms with E-state index < -0.39 is 0 Å². The highest BCUT2D eigenvalue weighted by Gasteiger charge is 2.16. The van der Waals surface area contributed by atoms with Crippen LogP contribution in [0.4, 0.5) is 0 Å². The molecule has 12 heavy (non-hydrogen) atoms. The van der Waals surface area contributed by atoms with Crippen LogP contribution in [0.25, 0.3) is 0 Å². The Morgan fingerprint density at radius 2 is 2.50 bits per heavy atom.